The number of rotatable bonds is 2. The Hall–Kier alpha value is -0.710. The quantitative estimate of drug-likeness (QED) is 0.570. The van der Waals surface area contributed by atoms with E-state index in [4.69, 9.17) is 17.0 Å². The summed E-state index contributed by atoms with van der Waals surface area (Å²) in [6.07, 6.45) is 0. The lowest BCUT2D eigenvalue weighted by molar-refractivity contribution is 0.408. The number of aryl methyl sites for hydroxylation is 2. The summed E-state index contributed by atoms with van der Waals surface area (Å²) in [6, 6.07) is 6.36. The molecule has 0 aliphatic rings. The Morgan fingerprint density at radius 1 is 1.06 bits per heavy atom. The first-order chi connectivity index (χ1) is 7.61. The fraction of sp³-hybridized carbons (Fsp3) is 0.250. The monoisotopic (exact) mass is 268 g/mol. The van der Waals surface area contributed by atoms with Gasteiger partial charge in [-0.3, -0.25) is 0 Å². The highest BCUT2D eigenvalue weighted by molar-refractivity contribution is 7.80. The van der Waals surface area contributed by atoms with Crippen LogP contribution in [-0.2, 0) is 0 Å². The van der Waals surface area contributed by atoms with Crippen LogP contribution in [-0.4, -0.2) is 7.11 Å². The Labute approximate surface area is 108 Å². The Morgan fingerprint density at radius 2 is 1.69 bits per heavy atom. The molecule has 0 unspecified atom stereocenters. The van der Waals surface area contributed by atoms with Crippen LogP contribution in [0.15, 0.2) is 18.2 Å². The molecule has 1 aromatic carbocycles. The van der Waals surface area contributed by atoms with Gasteiger partial charge in [0.2, 0.25) is 0 Å². The summed E-state index contributed by atoms with van der Waals surface area (Å²) in [4.78, 5) is 1.24. The molecule has 84 valence electrons. The van der Waals surface area contributed by atoms with Gasteiger partial charge >= 0.3 is 0 Å². The predicted molar refractivity (Wildman–Crippen MR) is 74.5 cm³/mol. The number of ether oxygens (including phenoxy) is 1. The summed E-state index contributed by atoms with van der Waals surface area (Å²) in [7, 11) is 5.09. The molecule has 0 fully saturated rings. The molecule has 16 heavy (non-hydrogen) atoms. The van der Waals surface area contributed by atoms with E-state index in [-0.39, 0.29) is 0 Å². The van der Waals surface area contributed by atoms with Crippen LogP contribution in [0.2, 0.25) is 0 Å². The van der Waals surface area contributed by atoms with E-state index in [9.17, 15) is 0 Å². The summed E-state index contributed by atoms with van der Waals surface area (Å²) in [5.74, 6) is 0.975. The van der Waals surface area contributed by atoms with Crippen molar-refractivity contribution in [3.63, 3.8) is 0 Å². The van der Waals surface area contributed by atoms with E-state index in [0.717, 1.165) is 9.57 Å². The lowest BCUT2D eigenvalue weighted by Crippen LogP contribution is -1.91. The van der Waals surface area contributed by atoms with Gasteiger partial charge in [0, 0.05) is 4.88 Å². The first kappa shape index (κ1) is 11.8. The maximum absolute atomic E-state index is 5.36. The molecular weight excluding hydrogens is 256 g/mol. The average molecular weight is 268 g/mol. The Morgan fingerprint density at radius 3 is 2.12 bits per heavy atom. The van der Waals surface area contributed by atoms with Gasteiger partial charge in [0.15, 0.2) is 0 Å². The first-order valence-electron chi connectivity index (χ1n) is 4.87. The Bertz CT molecular complexity index is 543. The van der Waals surface area contributed by atoms with E-state index < -0.39 is 0 Å². The first-order valence-corrected chi connectivity index (χ1v) is 7.43. The van der Waals surface area contributed by atoms with Crippen molar-refractivity contribution in [3.8, 4) is 16.2 Å². The van der Waals surface area contributed by atoms with Crippen LogP contribution in [0, 0.1) is 17.7 Å². The molecule has 0 bridgehead atoms. The van der Waals surface area contributed by atoms with Gasteiger partial charge in [-0.15, -0.1) is 0 Å². The van der Waals surface area contributed by atoms with Crippen molar-refractivity contribution < 1.29 is 4.74 Å². The van der Waals surface area contributed by atoms with Crippen LogP contribution >= 0.6 is 32.9 Å². The van der Waals surface area contributed by atoms with Crippen LogP contribution in [0.5, 0.6) is 5.75 Å². The lowest BCUT2D eigenvalue weighted by Gasteiger charge is -2.10. The minimum atomic E-state index is 0.950. The molecule has 2 rings (SSSR count). The normalized spacial score (nSPS) is 10.4. The van der Waals surface area contributed by atoms with Crippen molar-refractivity contribution >= 4 is 32.9 Å². The topological polar surface area (TPSA) is 9.23 Å². The largest absolute Gasteiger partial charge is 0.496 e. The highest BCUT2D eigenvalue weighted by atomic mass is 32.9. The Balaban J connectivity index is 2.56. The number of benzene rings is 1. The van der Waals surface area contributed by atoms with Crippen molar-refractivity contribution in [1.29, 1.82) is 0 Å². The molecule has 2 aromatic rings. The van der Waals surface area contributed by atoms with Crippen LogP contribution in [0.3, 0.4) is 0 Å². The molecule has 0 atom stereocenters. The fourth-order valence-corrected chi connectivity index (χ4v) is 4.17. The maximum atomic E-state index is 5.36. The van der Waals surface area contributed by atoms with Crippen LogP contribution in [0.1, 0.15) is 11.1 Å². The SMILES string of the molecule is COc1c(C)cc(-c2cc(=S)ss2)cc1C. The third kappa shape index (κ3) is 2.19. The average Bonchev–Trinajstić information content (AvgIpc) is 2.64. The van der Waals surface area contributed by atoms with E-state index in [1.165, 1.54) is 21.6 Å². The Kier molecular flexibility index (Phi) is 3.42. The molecular formula is C12H12OS3. The van der Waals surface area contributed by atoms with E-state index >= 15 is 0 Å². The van der Waals surface area contributed by atoms with Gasteiger partial charge in [0.25, 0.3) is 0 Å². The zero-order valence-electron chi connectivity index (χ0n) is 9.37. The van der Waals surface area contributed by atoms with E-state index in [1.807, 2.05) is 0 Å². The van der Waals surface area contributed by atoms with Crippen LogP contribution in [0.4, 0.5) is 0 Å². The minimum absolute atomic E-state index is 0.950. The van der Waals surface area contributed by atoms with E-state index in [1.54, 1.807) is 27.8 Å². The molecule has 0 N–H and O–H groups in total. The summed E-state index contributed by atoms with van der Waals surface area (Å²) in [6.45, 7) is 4.14. The second-order valence-electron chi connectivity index (χ2n) is 3.64. The van der Waals surface area contributed by atoms with Gasteiger partial charge in [0.05, 0.1) is 7.11 Å². The molecule has 1 nitrogen and oxygen atoms in total. The van der Waals surface area contributed by atoms with E-state index in [2.05, 4.69) is 32.0 Å². The van der Waals surface area contributed by atoms with Gasteiger partial charge in [-0.05, 0) is 48.7 Å². The van der Waals surface area contributed by atoms with Gasteiger partial charge in [-0.2, -0.15) is 0 Å². The molecule has 0 aliphatic carbocycles. The van der Waals surface area contributed by atoms with Crippen molar-refractivity contribution in [3.05, 3.63) is 33.1 Å². The van der Waals surface area contributed by atoms with Crippen molar-refractivity contribution in [2.45, 2.75) is 13.8 Å². The molecule has 0 aliphatic heterocycles. The molecule has 1 heterocycles. The van der Waals surface area contributed by atoms with Gasteiger partial charge in [0.1, 0.15) is 9.57 Å². The van der Waals surface area contributed by atoms with Crippen LogP contribution < -0.4 is 4.74 Å². The smallest absolute Gasteiger partial charge is 0.124 e. The third-order valence-corrected chi connectivity index (χ3v) is 5.32. The molecule has 0 saturated carbocycles. The standard InChI is InChI=1S/C12H12OS3/c1-7-4-9(5-8(2)12(7)13-3)10-6-11(14)16-15-10/h4-6H,1-3H3. The lowest BCUT2D eigenvalue weighted by atomic mass is 10.0. The number of methoxy groups -OCH3 is 1. The van der Waals surface area contributed by atoms with Gasteiger partial charge < -0.3 is 4.74 Å². The van der Waals surface area contributed by atoms with Crippen LogP contribution in [0.25, 0.3) is 10.4 Å². The summed E-state index contributed by atoms with van der Waals surface area (Å²) in [5.41, 5.74) is 3.57. The summed E-state index contributed by atoms with van der Waals surface area (Å²) in [5, 5.41) is 0. The van der Waals surface area contributed by atoms with Crippen molar-refractivity contribution in [2.75, 3.05) is 7.11 Å². The minimum Gasteiger partial charge on any atom is -0.496 e. The summed E-state index contributed by atoms with van der Waals surface area (Å²) >= 11 is 5.15. The highest BCUT2D eigenvalue weighted by Gasteiger charge is 2.07. The summed E-state index contributed by atoms with van der Waals surface area (Å²) < 4.78 is 6.31. The molecule has 0 spiro atoms. The zero-order valence-corrected chi connectivity index (χ0v) is 11.8. The third-order valence-electron chi connectivity index (χ3n) is 2.41. The van der Waals surface area contributed by atoms with E-state index in [0.29, 0.717) is 0 Å². The molecule has 0 amide bonds. The van der Waals surface area contributed by atoms with Gasteiger partial charge in [-0.1, -0.05) is 32.9 Å². The van der Waals surface area contributed by atoms with Crippen molar-refractivity contribution in [1.82, 2.24) is 0 Å². The second kappa shape index (κ2) is 4.65. The number of hydrogen-bond donors (Lipinski definition) is 0. The zero-order chi connectivity index (χ0) is 11.7. The predicted octanol–water partition coefficient (Wildman–Crippen LogP) is 4.83. The molecule has 0 saturated heterocycles. The molecule has 0 radical (unpaired) electrons. The maximum Gasteiger partial charge on any atom is 0.124 e. The molecule has 1 aromatic heterocycles. The van der Waals surface area contributed by atoms with Gasteiger partial charge in [-0.25, -0.2) is 0 Å². The fourth-order valence-electron chi connectivity index (χ4n) is 1.79. The molecule has 4 heteroatoms. The highest BCUT2D eigenvalue weighted by Crippen LogP contribution is 2.34. The van der Waals surface area contributed by atoms with Crippen molar-refractivity contribution in [2.24, 2.45) is 0 Å². The number of hydrogen-bond acceptors (Lipinski definition) is 4. The second-order valence-corrected chi connectivity index (χ2v) is 6.55.